The van der Waals surface area contributed by atoms with Crippen LogP contribution in [0.4, 0.5) is 0 Å². The monoisotopic (exact) mass is 857 g/mol. The van der Waals surface area contributed by atoms with E-state index in [0.717, 1.165) is 117 Å². The normalized spacial score (nSPS) is 30.1. The zero-order valence-corrected chi connectivity index (χ0v) is 40.1. The molecule has 0 aromatic heterocycles. The van der Waals surface area contributed by atoms with Crippen LogP contribution in [0.1, 0.15) is 220 Å². The summed E-state index contributed by atoms with van der Waals surface area (Å²) in [5.41, 5.74) is -0.0750. The molecule has 0 aromatic carbocycles. The first-order valence-corrected chi connectivity index (χ1v) is 26.0. The van der Waals surface area contributed by atoms with E-state index in [2.05, 4.69) is 27.4 Å². The van der Waals surface area contributed by atoms with Crippen molar-refractivity contribution in [1.82, 2.24) is 0 Å². The molecule has 0 radical (unpaired) electrons. The predicted molar refractivity (Wildman–Crippen MR) is 245 cm³/mol. The number of esters is 1. The number of carbonyl (C=O) groups excluding carboxylic acids is 1. The summed E-state index contributed by atoms with van der Waals surface area (Å²) >= 11 is 0. The first kappa shape index (κ1) is 49.4. The average Bonchev–Trinajstić information content (AvgIpc) is 3.16. The molecule has 7 rings (SSSR count). The van der Waals surface area contributed by atoms with E-state index in [1.54, 1.807) is 6.92 Å². The Morgan fingerprint density at radius 3 is 0.967 bits per heavy atom. The van der Waals surface area contributed by atoms with E-state index >= 15 is 0 Å². The van der Waals surface area contributed by atoms with Crippen molar-refractivity contribution in [3.05, 3.63) is 12.2 Å². The summed E-state index contributed by atoms with van der Waals surface area (Å²) < 4.78 is 44.8. The lowest BCUT2D eigenvalue weighted by molar-refractivity contribution is -0.327. The van der Waals surface area contributed by atoms with Gasteiger partial charge in [0, 0.05) is 80.2 Å². The van der Waals surface area contributed by atoms with Gasteiger partial charge in [-0.25, -0.2) is 4.79 Å². The van der Waals surface area contributed by atoms with Gasteiger partial charge in [-0.3, -0.25) is 0 Å². The molecule has 0 N–H and O–H groups in total. The van der Waals surface area contributed by atoms with Crippen molar-refractivity contribution in [1.29, 1.82) is 0 Å². The third-order valence-electron chi connectivity index (χ3n) is 16.1. The summed E-state index contributed by atoms with van der Waals surface area (Å²) in [7, 11) is 0. The molecule has 8 heteroatoms. The molecule has 0 spiro atoms. The largest absolute Gasteiger partial charge is 0.455 e. The van der Waals surface area contributed by atoms with Gasteiger partial charge in [-0.05, 0) is 64.7 Å². The Morgan fingerprint density at radius 2 is 0.705 bits per heavy atom. The molecule has 3 heterocycles. The number of hydrogen-bond donors (Lipinski definition) is 0. The van der Waals surface area contributed by atoms with Crippen LogP contribution < -0.4 is 0 Å². The van der Waals surface area contributed by atoms with Crippen molar-refractivity contribution >= 4 is 5.97 Å². The lowest BCUT2D eigenvalue weighted by Gasteiger charge is -2.68. The van der Waals surface area contributed by atoms with Gasteiger partial charge in [0.2, 0.25) is 0 Å². The maximum absolute atomic E-state index is 13.4. The van der Waals surface area contributed by atoms with Crippen LogP contribution in [-0.2, 0) is 38.0 Å². The van der Waals surface area contributed by atoms with E-state index in [1.165, 1.54) is 135 Å². The van der Waals surface area contributed by atoms with Crippen molar-refractivity contribution in [2.24, 2.45) is 16.2 Å². The van der Waals surface area contributed by atoms with Crippen LogP contribution in [0.2, 0.25) is 0 Å². The van der Waals surface area contributed by atoms with E-state index < -0.39 is 22.4 Å². The second kappa shape index (κ2) is 22.9. The van der Waals surface area contributed by atoms with E-state index in [1.807, 2.05) is 0 Å². The summed E-state index contributed by atoms with van der Waals surface area (Å²) in [6, 6.07) is 0. The molecule has 3 saturated heterocycles. The fourth-order valence-electron chi connectivity index (χ4n) is 13.4. The Hall–Kier alpha value is -1.03. The summed E-state index contributed by atoms with van der Waals surface area (Å²) in [5.74, 6) is -0.292. The maximum Gasteiger partial charge on any atom is 0.333 e. The molecule has 0 unspecified atom stereocenters. The molecule has 0 atom stereocenters. The highest BCUT2D eigenvalue weighted by Gasteiger charge is 2.72. The van der Waals surface area contributed by atoms with Crippen LogP contribution >= 0.6 is 0 Å². The van der Waals surface area contributed by atoms with Gasteiger partial charge in [0.1, 0.15) is 5.60 Å². The number of unbranched alkanes of at least 4 members (excludes halogenated alkanes) is 12. The molecular weight excluding hydrogens is 765 g/mol. The molecule has 4 aliphatic carbocycles. The average molecular weight is 857 g/mol. The highest BCUT2D eigenvalue weighted by Crippen LogP contribution is 2.65. The predicted octanol–water partition coefficient (Wildman–Crippen LogP) is 13.0. The molecule has 7 aliphatic rings. The molecule has 4 saturated carbocycles. The fourth-order valence-corrected chi connectivity index (χ4v) is 13.4. The Bertz CT molecular complexity index is 1190. The Balaban J connectivity index is 1.03. The van der Waals surface area contributed by atoms with E-state index in [0.29, 0.717) is 21.8 Å². The van der Waals surface area contributed by atoms with E-state index in [-0.39, 0.29) is 5.97 Å². The zero-order valence-electron chi connectivity index (χ0n) is 40.1. The Labute approximate surface area is 373 Å². The maximum atomic E-state index is 13.4. The van der Waals surface area contributed by atoms with E-state index in [9.17, 15) is 4.79 Å². The van der Waals surface area contributed by atoms with Gasteiger partial charge in [0.15, 0.2) is 0 Å². The van der Waals surface area contributed by atoms with E-state index in [4.69, 9.17) is 33.2 Å². The van der Waals surface area contributed by atoms with Crippen molar-refractivity contribution in [3.63, 3.8) is 0 Å². The second-order valence-electron chi connectivity index (χ2n) is 22.3. The number of carbonyl (C=O) groups is 1. The van der Waals surface area contributed by atoms with Gasteiger partial charge in [-0.15, -0.1) is 0 Å². The van der Waals surface area contributed by atoms with Crippen LogP contribution in [0.15, 0.2) is 12.2 Å². The van der Waals surface area contributed by atoms with Gasteiger partial charge in [-0.2, -0.15) is 0 Å². The van der Waals surface area contributed by atoms with Crippen LogP contribution in [-0.4, -0.2) is 87.8 Å². The fraction of sp³-hybridized carbons (Fsp3) is 0.943. The van der Waals surface area contributed by atoms with Crippen LogP contribution in [0.25, 0.3) is 0 Å². The van der Waals surface area contributed by atoms with Crippen molar-refractivity contribution in [2.75, 3.05) is 59.5 Å². The van der Waals surface area contributed by atoms with Crippen LogP contribution in [0.5, 0.6) is 0 Å². The molecule has 352 valence electrons. The molecular formula is C53H92O8. The standard InChI is InChI=1S/C53H92O8/c1-6-24-47(39-55-40-47)27-18-12-9-15-21-30-58-50-33-51(59-31-22-16-10-13-19-28-48(25-7-2)41-56-42-48)35-52(34-50,38-53(36-50,37-51)61-46(54)45(4)5)60-32-23-17-11-14-20-29-49(26-8-3)43-57-44-49/h4,6-44H2,1-3,5H3. The topological polar surface area (TPSA) is 81.7 Å². The molecule has 7 fully saturated rings. The Kier molecular flexibility index (Phi) is 18.6. The SMILES string of the molecule is C=C(C)C(=O)OC12CC3(OCCCCCCCC4(CCC)COC4)CC(OCCCCCCCC4(CCC)COC4)(CC(OCCCCCCCC4(CCC)COC4)(C3)C1)C2. The second-order valence-corrected chi connectivity index (χ2v) is 22.3. The number of ether oxygens (including phenoxy) is 7. The molecule has 4 bridgehead atoms. The van der Waals surface area contributed by atoms with Crippen LogP contribution in [0.3, 0.4) is 0 Å². The summed E-state index contributed by atoms with van der Waals surface area (Å²) in [6.45, 7) is 20.6. The van der Waals surface area contributed by atoms with Gasteiger partial charge < -0.3 is 33.2 Å². The molecule has 0 aromatic rings. The zero-order chi connectivity index (χ0) is 43.2. The molecule has 0 amide bonds. The van der Waals surface area contributed by atoms with Crippen molar-refractivity contribution in [2.45, 2.75) is 243 Å². The molecule has 3 aliphatic heterocycles. The number of hydrogen-bond acceptors (Lipinski definition) is 8. The first-order chi connectivity index (χ1) is 29.5. The first-order valence-electron chi connectivity index (χ1n) is 26.0. The lowest BCUT2D eigenvalue weighted by atomic mass is 9.48. The quantitative estimate of drug-likeness (QED) is 0.0354. The lowest BCUT2D eigenvalue weighted by Crippen LogP contribution is -2.74. The Morgan fingerprint density at radius 1 is 0.426 bits per heavy atom. The number of rotatable bonds is 35. The van der Waals surface area contributed by atoms with Gasteiger partial charge in [0.25, 0.3) is 0 Å². The smallest absolute Gasteiger partial charge is 0.333 e. The third kappa shape index (κ3) is 13.5. The highest BCUT2D eigenvalue weighted by molar-refractivity contribution is 5.87. The van der Waals surface area contributed by atoms with Gasteiger partial charge in [0.05, 0.1) is 56.4 Å². The van der Waals surface area contributed by atoms with Crippen LogP contribution in [0, 0.1) is 16.2 Å². The highest BCUT2D eigenvalue weighted by atomic mass is 16.6. The van der Waals surface area contributed by atoms with Crippen molar-refractivity contribution < 1.29 is 38.0 Å². The minimum atomic E-state index is -0.663. The summed E-state index contributed by atoms with van der Waals surface area (Å²) in [6.07, 6.45) is 34.6. The minimum Gasteiger partial charge on any atom is -0.455 e. The minimum absolute atomic E-state index is 0.292. The summed E-state index contributed by atoms with van der Waals surface area (Å²) in [4.78, 5) is 13.4. The molecule has 61 heavy (non-hydrogen) atoms. The summed E-state index contributed by atoms with van der Waals surface area (Å²) in [5, 5.41) is 0. The van der Waals surface area contributed by atoms with Gasteiger partial charge >= 0.3 is 5.97 Å². The molecule has 8 nitrogen and oxygen atoms in total. The van der Waals surface area contributed by atoms with Crippen molar-refractivity contribution in [3.8, 4) is 0 Å². The van der Waals surface area contributed by atoms with Gasteiger partial charge in [-0.1, -0.05) is 124 Å². The third-order valence-corrected chi connectivity index (χ3v) is 16.1.